The van der Waals surface area contributed by atoms with Crippen LogP contribution in [0.5, 0.6) is 0 Å². The minimum absolute atomic E-state index is 0. The Labute approximate surface area is 139 Å². The molecule has 1 aromatic heterocycles. The molecule has 2 heterocycles. The second-order valence-electron chi connectivity index (χ2n) is 4.87. The Balaban J connectivity index is 0.00000132. The van der Waals surface area contributed by atoms with Gasteiger partial charge in [-0.1, -0.05) is 48.5 Å². The summed E-state index contributed by atoms with van der Waals surface area (Å²) in [4.78, 5) is 0. The predicted molar refractivity (Wildman–Crippen MR) is 82.1 cm³/mol. The monoisotopic (exact) mass is 358 g/mol. The normalized spacial score (nSPS) is 12.8. The Morgan fingerprint density at radius 1 is 0.905 bits per heavy atom. The third-order valence-electron chi connectivity index (χ3n) is 3.63. The smallest absolute Gasteiger partial charge is 0.323 e. The lowest BCUT2D eigenvalue weighted by molar-refractivity contribution is -0.713. The summed E-state index contributed by atoms with van der Waals surface area (Å²) < 4.78 is 4.73. The molecule has 1 aliphatic heterocycles. The standard InChI is InChI=1S/C17H15N2S.BrH/c1-3-7-14(8-4-1)16-13-19(15-9-5-2-6-10-15)17-18(16)11-12-20-17;/h1-10,13H,11-12H2;1H/q+1;/p-1. The number of imidazole rings is 1. The first kappa shape index (κ1) is 14.4. The van der Waals surface area contributed by atoms with E-state index in [1.165, 1.54) is 22.1 Å². The maximum Gasteiger partial charge on any atom is 0.323 e. The Morgan fingerprint density at radius 3 is 2.29 bits per heavy atom. The minimum Gasteiger partial charge on any atom is -1.00 e. The zero-order valence-corrected chi connectivity index (χ0v) is 13.8. The van der Waals surface area contributed by atoms with Crippen LogP contribution in [0.25, 0.3) is 16.9 Å². The van der Waals surface area contributed by atoms with Crippen LogP contribution in [0, 0.1) is 0 Å². The zero-order chi connectivity index (χ0) is 13.4. The second-order valence-corrected chi connectivity index (χ2v) is 5.93. The van der Waals surface area contributed by atoms with Crippen LogP contribution in [-0.4, -0.2) is 10.3 Å². The van der Waals surface area contributed by atoms with Gasteiger partial charge in [-0.05, 0) is 23.9 Å². The summed E-state index contributed by atoms with van der Waals surface area (Å²) >= 11 is 1.93. The van der Waals surface area contributed by atoms with Crippen LogP contribution >= 0.6 is 11.8 Å². The summed E-state index contributed by atoms with van der Waals surface area (Å²) in [6.45, 7) is 1.09. The molecule has 0 bridgehead atoms. The summed E-state index contributed by atoms with van der Waals surface area (Å²) in [6, 6.07) is 21.2. The molecule has 3 aromatic rings. The number of para-hydroxylation sites is 1. The summed E-state index contributed by atoms with van der Waals surface area (Å²) in [7, 11) is 0. The van der Waals surface area contributed by atoms with Gasteiger partial charge >= 0.3 is 5.16 Å². The van der Waals surface area contributed by atoms with Crippen molar-refractivity contribution in [3.8, 4) is 16.9 Å². The van der Waals surface area contributed by atoms with Gasteiger partial charge < -0.3 is 17.0 Å². The van der Waals surface area contributed by atoms with Crippen molar-refractivity contribution in [1.29, 1.82) is 0 Å². The van der Waals surface area contributed by atoms with E-state index in [1.807, 2.05) is 11.8 Å². The molecule has 0 amide bonds. The Hall–Kier alpha value is -1.52. The molecule has 106 valence electrons. The third-order valence-corrected chi connectivity index (χ3v) is 4.69. The molecule has 0 N–H and O–H groups in total. The fraction of sp³-hybridized carbons (Fsp3) is 0.118. The highest BCUT2D eigenvalue weighted by Crippen LogP contribution is 2.29. The van der Waals surface area contributed by atoms with Gasteiger partial charge in [0.15, 0.2) is 5.69 Å². The molecular formula is C17H15BrN2S. The number of hydrogen-bond donors (Lipinski definition) is 0. The highest BCUT2D eigenvalue weighted by Gasteiger charge is 2.30. The van der Waals surface area contributed by atoms with Crippen molar-refractivity contribution in [1.82, 2.24) is 4.57 Å². The van der Waals surface area contributed by atoms with Crippen molar-refractivity contribution in [3.63, 3.8) is 0 Å². The molecule has 1 aliphatic rings. The Morgan fingerprint density at radius 2 is 1.57 bits per heavy atom. The lowest BCUT2D eigenvalue weighted by atomic mass is 10.2. The van der Waals surface area contributed by atoms with Crippen LogP contribution in [-0.2, 0) is 6.54 Å². The average Bonchev–Trinajstić information content (AvgIpc) is 3.11. The molecule has 4 rings (SSSR count). The number of thioether (sulfide) groups is 1. The Bertz CT molecular complexity index is 676. The number of benzene rings is 2. The molecule has 0 radical (unpaired) electrons. The molecule has 0 aliphatic carbocycles. The number of nitrogens with zero attached hydrogens (tertiary/aromatic N) is 2. The molecule has 0 fully saturated rings. The first-order valence-corrected chi connectivity index (χ1v) is 7.81. The number of aromatic nitrogens is 2. The highest BCUT2D eigenvalue weighted by molar-refractivity contribution is 7.99. The van der Waals surface area contributed by atoms with E-state index in [1.54, 1.807) is 0 Å². The Kier molecular flexibility index (Phi) is 4.17. The van der Waals surface area contributed by atoms with Crippen molar-refractivity contribution in [2.45, 2.75) is 11.7 Å². The molecule has 2 nitrogen and oxygen atoms in total. The van der Waals surface area contributed by atoms with Crippen molar-refractivity contribution in [3.05, 3.63) is 66.9 Å². The van der Waals surface area contributed by atoms with Gasteiger partial charge in [-0.2, -0.15) is 4.57 Å². The largest absolute Gasteiger partial charge is 1.00 e. The van der Waals surface area contributed by atoms with E-state index < -0.39 is 0 Å². The molecule has 2 aromatic carbocycles. The van der Waals surface area contributed by atoms with E-state index in [9.17, 15) is 0 Å². The maximum absolute atomic E-state index is 2.42. The molecule has 0 atom stereocenters. The van der Waals surface area contributed by atoms with Gasteiger partial charge in [0.25, 0.3) is 0 Å². The number of hydrogen-bond acceptors (Lipinski definition) is 1. The maximum atomic E-state index is 2.42. The predicted octanol–water partition coefficient (Wildman–Crippen LogP) is 0.542. The lowest BCUT2D eigenvalue weighted by Gasteiger charge is -1.96. The first-order chi connectivity index (χ1) is 9.93. The van der Waals surface area contributed by atoms with Crippen molar-refractivity contribution < 1.29 is 21.5 Å². The summed E-state index contributed by atoms with van der Waals surface area (Å²) in [6.07, 6.45) is 2.26. The number of rotatable bonds is 2. The number of fused-ring (bicyclic) bond motifs is 1. The number of halogens is 1. The second kappa shape index (κ2) is 6.08. The topological polar surface area (TPSA) is 8.81 Å². The molecule has 21 heavy (non-hydrogen) atoms. The first-order valence-electron chi connectivity index (χ1n) is 6.82. The SMILES string of the molecule is [Br-].c1ccc(-c2cn(-c3ccccc3)c3[n+]2CCS3)cc1. The van der Waals surface area contributed by atoms with Gasteiger partial charge in [-0.15, -0.1) is 0 Å². The quantitative estimate of drug-likeness (QED) is 0.607. The van der Waals surface area contributed by atoms with Crippen LogP contribution in [0.3, 0.4) is 0 Å². The van der Waals surface area contributed by atoms with E-state index >= 15 is 0 Å². The van der Waals surface area contributed by atoms with Gasteiger partial charge in [0.05, 0.1) is 0 Å². The van der Waals surface area contributed by atoms with Crippen molar-refractivity contribution in [2.75, 3.05) is 5.75 Å². The third kappa shape index (κ3) is 2.54. The minimum atomic E-state index is 0. The van der Waals surface area contributed by atoms with Gasteiger partial charge in [-0.3, -0.25) is 0 Å². The van der Waals surface area contributed by atoms with Crippen LogP contribution in [0.4, 0.5) is 0 Å². The summed E-state index contributed by atoms with van der Waals surface area (Å²) in [5.41, 5.74) is 3.81. The van der Waals surface area contributed by atoms with E-state index in [-0.39, 0.29) is 17.0 Å². The van der Waals surface area contributed by atoms with Crippen LogP contribution < -0.4 is 21.5 Å². The molecule has 0 saturated heterocycles. The molecule has 4 heteroatoms. The summed E-state index contributed by atoms with van der Waals surface area (Å²) in [5.74, 6) is 1.16. The molecule has 0 unspecified atom stereocenters. The van der Waals surface area contributed by atoms with Crippen LogP contribution in [0.1, 0.15) is 0 Å². The van der Waals surface area contributed by atoms with Gasteiger partial charge in [-0.25, -0.2) is 4.57 Å². The van der Waals surface area contributed by atoms with E-state index in [4.69, 9.17) is 0 Å². The van der Waals surface area contributed by atoms with Crippen LogP contribution in [0.2, 0.25) is 0 Å². The van der Waals surface area contributed by atoms with Crippen molar-refractivity contribution in [2.24, 2.45) is 0 Å². The van der Waals surface area contributed by atoms with E-state index in [0.29, 0.717) is 0 Å². The highest BCUT2D eigenvalue weighted by atomic mass is 79.9. The van der Waals surface area contributed by atoms with Gasteiger partial charge in [0.2, 0.25) is 0 Å². The molecule has 0 saturated carbocycles. The van der Waals surface area contributed by atoms with E-state index in [0.717, 1.165) is 12.3 Å². The average molecular weight is 359 g/mol. The molecular weight excluding hydrogens is 344 g/mol. The van der Waals surface area contributed by atoms with Crippen molar-refractivity contribution >= 4 is 11.8 Å². The van der Waals surface area contributed by atoms with Gasteiger partial charge in [0, 0.05) is 11.3 Å². The van der Waals surface area contributed by atoms with E-state index in [2.05, 4.69) is 76.0 Å². The molecule has 0 spiro atoms. The van der Waals surface area contributed by atoms with Crippen LogP contribution in [0.15, 0.2) is 72.0 Å². The van der Waals surface area contributed by atoms with Gasteiger partial charge in [0.1, 0.15) is 18.4 Å². The lowest BCUT2D eigenvalue weighted by Crippen LogP contribution is -3.00. The zero-order valence-electron chi connectivity index (χ0n) is 11.4. The summed E-state index contributed by atoms with van der Waals surface area (Å²) in [5, 5.41) is 1.33. The fourth-order valence-corrected chi connectivity index (χ4v) is 3.78. The fourth-order valence-electron chi connectivity index (χ4n) is 2.68.